The fourth-order valence-corrected chi connectivity index (χ4v) is 2.71. The van der Waals surface area contributed by atoms with Gasteiger partial charge in [-0.15, -0.1) is 0 Å². The Morgan fingerprint density at radius 2 is 1.95 bits per heavy atom. The van der Waals surface area contributed by atoms with Crippen LogP contribution in [0.15, 0.2) is 30.3 Å². The molecule has 122 valence electrons. The van der Waals surface area contributed by atoms with Gasteiger partial charge in [-0.25, -0.2) is 4.79 Å². The molecule has 0 bridgehead atoms. The lowest BCUT2D eigenvalue weighted by atomic mass is 10.0. The van der Waals surface area contributed by atoms with Crippen molar-refractivity contribution in [2.45, 2.75) is 50.4 Å². The molecule has 1 aromatic carbocycles. The summed E-state index contributed by atoms with van der Waals surface area (Å²) in [6.45, 7) is 0.189. The van der Waals surface area contributed by atoms with E-state index in [-0.39, 0.29) is 12.6 Å². The molecule has 1 aliphatic rings. The van der Waals surface area contributed by atoms with Crippen LogP contribution in [0, 0.1) is 0 Å². The van der Waals surface area contributed by atoms with E-state index < -0.39 is 18.2 Å². The van der Waals surface area contributed by atoms with Crippen LogP contribution in [0.4, 0.5) is 4.79 Å². The third-order valence-corrected chi connectivity index (χ3v) is 3.92. The zero-order valence-corrected chi connectivity index (χ0v) is 12.6. The highest BCUT2D eigenvalue weighted by atomic mass is 16.7. The van der Waals surface area contributed by atoms with Crippen molar-refractivity contribution in [1.29, 1.82) is 0 Å². The van der Waals surface area contributed by atoms with Crippen LogP contribution in [0.3, 0.4) is 0 Å². The van der Waals surface area contributed by atoms with Gasteiger partial charge in [-0.2, -0.15) is 5.48 Å². The number of hydrogen-bond acceptors (Lipinski definition) is 4. The first kappa shape index (κ1) is 16.7. The van der Waals surface area contributed by atoms with Gasteiger partial charge in [-0.3, -0.25) is 4.84 Å². The van der Waals surface area contributed by atoms with E-state index in [1.807, 2.05) is 30.3 Å². The van der Waals surface area contributed by atoms with Crippen LogP contribution in [0.5, 0.6) is 0 Å². The van der Waals surface area contributed by atoms with Crippen molar-refractivity contribution in [2.24, 2.45) is 0 Å². The number of carboxylic acid groups (broad SMARTS) is 1. The molecule has 0 unspecified atom stereocenters. The molecular formula is C16H24N2O4. The summed E-state index contributed by atoms with van der Waals surface area (Å²) in [5.41, 5.74) is 3.75. The molecule has 2 atom stereocenters. The number of aliphatic hydroxyl groups is 1. The minimum atomic E-state index is -1.14. The van der Waals surface area contributed by atoms with E-state index in [0.717, 1.165) is 18.4 Å². The summed E-state index contributed by atoms with van der Waals surface area (Å²) >= 11 is 0. The zero-order valence-electron chi connectivity index (χ0n) is 12.6. The average Bonchev–Trinajstić information content (AvgIpc) is 3.00. The maximum atomic E-state index is 10.9. The van der Waals surface area contributed by atoms with E-state index in [4.69, 9.17) is 9.94 Å². The van der Waals surface area contributed by atoms with E-state index in [9.17, 15) is 9.90 Å². The largest absolute Gasteiger partial charge is 0.465 e. The first-order chi connectivity index (χ1) is 10.6. The second kappa shape index (κ2) is 8.73. The van der Waals surface area contributed by atoms with Crippen LogP contribution < -0.4 is 10.8 Å². The van der Waals surface area contributed by atoms with Crippen molar-refractivity contribution >= 4 is 6.09 Å². The SMILES string of the molecule is O=C(O)N[C@@H](Cc1ccccc1)[C@@H](O)CNOC1CCCC1. The minimum Gasteiger partial charge on any atom is -0.465 e. The summed E-state index contributed by atoms with van der Waals surface area (Å²) in [6.07, 6.45) is 3.03. The third-order valence-electron chi connectivity index (χ3n) is 3.92. The van der Waals surface area contributed by atoms with Gasteiger partial charge in [-0.05, 0) is 24.8 Å². The Kier molecular flexibility index (Phi) is 6.64. The number of benzene rings is 1. The summed E-state index contributed by atoms with van der Waals surface area (Å²) in [4.78, 5) is 16.4. The fraction of sp³-hybridized carbons (Fsp3) is 0.562. The molecule has 1 aromatic rings. The zero-order chi connectivity index (χ0) is 15.8. The Balaban J connectivity index is 1.82. The second-order valence-corrected chi connectivity index (χ2v) is 5.69. The standard InChI is InChI=1S/C16H24N2O4/c19-15(11-17-22-13-8-4-5-9-13)14(18-16(20)21)10-12-6-2-1-3-7-12/h1-3,6-7,13-15,17-19H,4-5,8-11H2,(H,20,21)/t14-,15-/m0/s1. The summed E-state index contributed by atoms with van der Waals surface area (Å²) in [6, 6.07) is 8.91. The number of amides is 1. The molecule has 0 spiro atoms. The quantitative estimate of drug-likeness (QED) is 0.549. The van der Waals surface area contributed by atoms with Gasteiger partial charge < -0.3 is 15.5 Å². The summed E-state index contributed by atoms with van der Waals surface area (Å²) in [5, 5.41) is 21.5. The Morgan fingerprint density at radius 3 is 2.59 bits per heavy atom. The van der Waals surface area contributed by atoms with Crippen molar-refractivity contribution < 1.29 is 19.8 Å². The van der Waals surface area contributed by atoms with Crippen LogP contribution in [-0.4, -0.2) is 41.1 Å². The number of rotatable bonds is 8. The fourth-order valence-electron chi connectivity index (χ4n) is 2.71. The van der Waals surface area contributed by atoms with Gasteiger partial charge >= 0.3 is 6.09 Å². The number of aliphatic hydroxyl groups excluding tert-OH is 1. The molecule has 22 heavy (non-hydrogen) atoms. The van der Waals surface area contributed by atoms with Crippen molar-refractivity contribution in [2.75, 3.05) is 6.54 Å². The number of hydroxylamine groups is 1. The van der Waals surface area contributed by atoms with Crippen LogP contribution >= 0.6 is 0 Å². The molecule has 0 aromatic heterocycles. The molecular weight excluding hydrogens is 284 g/mol. The molecule has 6 nitrogen and oxygen atoms in total. The van der Waals surface area contributed by atoms with Gasteiger partial charge in [0.25, 0.3) is 0 Å². The Labute approximate surface area is 130 Å². The average molecular weight is 308 g/mol. The predicted molar refractivity (Wildman–Crippen MR) is 82.4 cm³/mol. The van der Waals surface area contributed by atoms with Crippen molar-refractivity contribution in [3.05, 3.63) is 35.9 Å². The highest BCUT2D eigenvalue weighted by Crippen LogP contribution is 2.19. The Hall–Kier alpha value is -1.63. The monoisotopic (exact) mass is 308 g/mol. The van der Waals surface area contributed by atoms with Gasteiger partial charge in [0.05, 0.1) is 18.2 Å². The lowest BCUT2D eigenvalue weighted by Crippen LogP contribution is -2.48. The predicted octanol–water partition coefficient (Wildman–Crippen LogP) is 1.69. The summed E-state index contributed by atoms with van der Waals surface area (Å²) < 4.78 is 0. The molecule has 6 heteroatoms. The Bertz CT molecular complexity index is 449. The van der Waals surface area contributed by atoms with Crippen molar-refractivity contribution in [3.8, 4) is 0 Å². The first-order valence-electron chi connectivity index (χ1n) is 7.75. The molecule has 0 radical (unpaired) electrons. The minimum absolute atomic E-state index is 0.189. The topological polar surface area (TPSA) is 90.8 Å². The van der Waals surface area contributed by atoms with Crippen LogP contribution in [0.1, 0.15) is 31.2 Å². The lowest BCUT2D eigenvalue weighted by Gasteiger charge is -2.24. The summed E-state index contributed by atoms with van der Waals surface area (Å²) in [5.74, 6) is 0. The normalized spacial score (nSPS) is 18.0. The number of hydrogen-bond donors (Lipinski definition) is 4. The maximum absolute atomic E-state index is 10.9. The summed E-state index contributed by atoms with van der Waals surface area (Å²) in [7, 11) is 0. The molecule has 4 N–H and O–H groups in total. The molecule has 0 saturated heterocycles. The highest BCUT2D eigenvalue weighted by molar-refractivity contribution is 5.65. The van der Waals surface area contributed by atoms with Gasteiger partial charge in [0.1, 0.15) is 0 Å². The maximum Gasteiger partial charge on any atom is 0.404 e. The lowest BCUT2D eigenvalue weighted by molar-refractivity contribution is -0.0410. The molecule has 1 saturated carbocycles. The molecule has 0 heterocycles. The molecule has 2 rings (SSSR count). The van der Waals surface area contributed by atoms with Crippen LogP contribution in [0.2, 0.25) is 0 Å². The van der Waals surface area contributed by atoms with E-state index in [1.54, 1.807) is 0 Å². The van der Waals surface area contributed by atoms with E-state index in [1.165, 1.54) is 12.8 Å². The number of nitrogens with one attached hydrogen (secondary N) is 2. The van der Waals surface area contributed by atoms with Crippen LogP contribution in [0.25, 0.3) is 0 Å². The molecule has 1 fully saturated rings. The van der Waals surface area contributed by atoms with E-state index in [0.29, 0.717) is 6.42 Å². The molecule has 1 aliphatic carbocycles. The third kappa shape index (κ3) is 5.63. The van der Waals surface area contributed by atoms with Gasteiger partial charge in [0.2, 0.25) is 0 Å². The van der Waals surface area contributed by atoms with Gasteiger partial charge in [0, 0.05) is 6.54 Å². The van der Waals surface area contributed by atoms with Gasteiger partial charge in [-0.1, -0.05) is 43.2 Å². The number of carbonyl (C=O) groups is 1. The van der Waals surface area contributed by atoms with E-state index >= 15 is 0 Å². The smallest absolute Gasteiger partial charge is 0.404 e. The van der Waals surface area contributed by atoms with Crippen LogP contribution in [-0.2, 0) is 11.3 Å². The highest BCUT2D eigenvalue weighted by Gasteiger charge is 2.22. The first-order valence-corrected chi connectivity index (χ1v) is 7.75. The van der Waals surface area contributed by atoms with E-state index in [2.05, 4.69) is 10.8 Å². The molecule has 1 amide bonds. The van der Waals surface area contributed by atoms with Gasteiger partial charge in [0.15, 0.2) is 0 Å². The molecule has 0 aliphatic heterocycles. The van der Waals surface area contributed by atoms with Crippen molar-refractivity contribution in [3.63, 3.8) is 0 Å². The Morgan fingerprint density at radius 1 is 1.27 bits per heavy atom. The van der Waals surface area contributed by atoms with Crippen molar-refractivity contribution in [1.82, 2.24) is 10.8 Å². The second-order valence-electron chi connectivity index (χ2n) is 5.69.